The summed E-state index contributed by atoms with van der Waals surface area (Å²) in [6.45, 7) is 6.86. The number of allylic oxidation sites excluding steroid dienone is 17. The molecule has 0 fully saturated rings. The Kier molecular flexibility index (Phi) is 59.3. The molecule has 0 saturated heterocycles. The Labute approximate surface area is 512 Å². The van der Waals surface area contributed by atoms with Crippen LogP contribution in [0.4, 0.5) is 0 Å². The first-order valence-electron chi connectivity index (χ1n) is 34.2. The fourth-order valence-corrected chi connectivity index (χ4v) is 10.2. The van der Waals surface area contributed by atoms with Gasteiger partial charge < -0.3 is 19.4 Å². The van der Waals surface area contributed by atoms with Crippen molar-refractivity contribution in [3.63, 3.8) is 0 Å². The minimum Gasteiger partial charge on any atom is -0.456 e. The van der Waals surface area contributed by atoms with Crippen molar-refractivity contribution in [1.82, 2.24) is 5.32 Å². The smallest absolute Gasteiger partial charge is 0.456 e. The van der Waals surface area contributed by atoms with Gasteiger partial charge in [0.15, 0.2) is 0 Å². The molecule has 0 aromatic carbocycles. The van der Waals surface area contributed by atoms with Crippen LogP contribution >= 0.6 is 7.82 Å². The summed E-state index contributed by atoms with van der Waals surface area (Å²) in [4.78, 5) is 37.8. The highest BCUT2D eigenvalue weighted by Gasteiger charge is 2.30. The third-order valence-electron chi connectivity index (χ3n) is 14.7. The van der Waals surface area contributed by atoms with E-state index in [2.05, 4.69) is 123 Å². The maximum atomic E-state index is 13.6. The number of unbranched alkanes of at least 4 members (excludes halogenated alkanes) is 29. The van der Waals surface area contributed by atoms with Gasteiger partial charge in [-0.1, -0.05) is 272 Å². The fourth-order valence-electron chi connectivity index (χ4n) is 9.44. The van der Waals surface area contributed by atoms with Gasteiger partial charge in [-0.25, -0.2) is 4.57 Å². The van der Waals surface area contributed by atoms with Crippen LogP contribution in [0.25, 0.3) is 0 Å². The Hall–Kier alpha value is -3.33. The fraction of sp³-hybridized carbons (Fsp3) is 0.726. The molecule has 478 valence electrons. The summed E-state index contributed by atoms with van der Waals surface area (Å²) in [7, 11) is 1.48. The van der Waals surface area contributed by atoms with Gasteiger partial charge in [-0.05, 0) is 115 Å². The molecular formula is C73H130N2O7P+. The predicted octanol–water partition coefficient (Wildman–Crippen LogP) is 21.7. The van der Waals surface area contributed by atoms with Crippen molar-refractivity contribution in [2.24, 2.45) is 0 Å². The molecule has 0 aromatic heterocycles. The first-order chi connectivity index (χ1) is 40.4. The van der Waals surface area contributed by atoms with Gasteiger partial charge in [-0.2, -0.15) is 0 Å². The monoisotopic (exact) mass is 1180 g/mol. The number of carbonyl (C=O) groups is 2. The van der Waals surface area contributed by atoms with Crippen molar-refractivity contribution in [3.8, 4) is 0 Å². The number of likely N-dealkylation sites (N-methyl/N-ethyl adjacent to an activating group) is 1. The second-order valence-electron chi connectivity index (χ2n) is 24.0. The molecule has 10 heteroatoms. The van der Waals surface area contributed by atoms with Crippen molar-refractivity contribution in [2.45, 2.75) is 303 Å². The van der Waals surface area contributed by atoms with Gasteiger partial charge in [0, 0.05) is 12.8 Å². The number of rotatable bonds is 61. The maximum Gasteiger partial charge on any atom is 0.472 e. The number of ether oxygens (including phenoxy) is 1. The van der Waals surface area contributed by atoms with Crippen molar-refractivity contribution in [1.29, 1.82) is 0 Å². The van der Waals surface area contributed by atoms with Crippen LogP contribution in [-0.4, -0.2) is 74.3 Å². The zero-order chi connectivity index (χ0) is 60.7. The zero-order valence-electron chi connectivity index (χ0n) is 54.7. The van der Waals surface area contributed by atoms with Crippen LogP contribution < -0.4 is 5.32 Å². The molecule has 2 N–H and O–H groups in total. The van der Waals surface area contributed by atoms with E-state index in [1.807, 2.05) is 33.3 Å². The molecule has 0 spiro atoms. The lowest BCUT2D eigenvalue weighted by Crippen LogP contribution is -2.47. The lowest BCUT2D eigenvalue weighted by molar-refractivity contribution is -0.870. The van der Waals surface area contributed by atoms with Crippen molar-refractivity contribution < 1.29 is 37.3 Å². The number of phosphoric acid groups is 1. The Bertz CT molecular complexity index is 1790. The number of phosphoric ester groups is 1. The second-order valence-corrected chi connectivity index (χ2v) is 25.4. The lowest BCUT2D eigenvalue weighted by atomic mass is 10.0. The van der Waals surface area contributed by atoms with E-state index in [4.69, 9.17) is 13.8 Å². The summed E-state index contributed by atoms with van der Waals surface area (Å²) >= 11 is 0. The molecule has 0 aromatic rings. The third-order valence-corrected chi connectivity index (χ3v) is 15.7. The van der Waals surface area contributed by atoms with Crippen molar-refractivity contribution >= 4 is 19.7 Å². The Morgan fingerprint density at radius 2 is 0.771 bits per heavy atom. The van der Waals surface area contributed by atoms with E-state index in [0.29, 0.717) is 17.4 Å². The van der Waals surface area contributed by atoms with Crippen molar-refractivity contribution in [3.05, 3.63) is 109 Å². The van der Waals surface area contributed by atoms with E-state index in [0.717, 1.165) is 116 Å². The molecule has 0 heterocycles. The van der Waals surface area contributed by atoms with Gasteiger partial charge in [-0.3, -0.25) is 18.6 Å². The summed E-state index contributed by atoms with van der Waals surface area (Å²) in [6.07, 6.45) is 85.2. The highest BCUT2D eigenvalue weighted by Crippen LogP contribution is 2.43. The Morgan fingerprint density at radius 3 is 1.18 bits per heavy atom. The molecule has 3 atom stereocenters. The van der Waals surface area contributed by atoms with Gasteiger partial charge in [0.1, 0.15) is 19.3 Å². The van der Waals surface area contributed by atoms with E-state index in [1.165, 1.54) is 141 Å². The first-order valence-corrected chi connectivity index (χ1v) is 35.7. The van der Waals surface area contributed by atoms with Gasteiger partial charge in [0.05, 0.1) is 33.8 Å². The standard InChI is InChI=1S/C73H129N2O7P/c1-7-10-13-16-19-22-25-27-29-31-33-35-37-39-41-43-45-47-50-53-56-59-62-65-72(76)74-70(69-81-83(78,79)80-68-67-75(4,5)6)71(64-61-58-55-52-49-24-21-18-15-12-9-3)82-73(77)66-63-60-57-54-51-48-46-44-42-40-38-36-34-32-30-28-26-23-20-17-14-11-8-2/h10,13,19-20,22-23,27-30,33-36,39,41,61,64,70-71H,7-9,11-12,14-18,21,24-26,31-32,37-38,40,42-60,62-63,65-69H2,1-6H3,(H-,74,76,78,79)/p+1/b13-10-,22-19-,23-20-,29-27-,30-28-,35-33-,36-34-,41-39-,64-61+. The molecule has 0 saturated carbocycles. The summed E-state index contributed by atoms with van der Waals surface area (Å²) in [5.74, 6) is -0.524. The van der Waals surface area contributed by atoms with Gasteiger partial charge in [-0.15, -0.1) is 0 Å². The molecule has 0 bridgehead atoms. The van der Waals surface area contributed by atoms with E-state index >= 15 is 0 Å². The third kappa shape index (κ3) is 63.0. The average Bonchev–Trinajstić information content (AvgIpc) is 3.51. The van der Waals surface area contributed by atoms with Crippen LogP contribution in [0.2, 0.25) is 0 Å². The normalized spacial score (nSPS) is 14.3. The maximum absolute atomic E-state index is 13.6. The van der Waals surface area contributed by atoms with Gasteiger partial charge in [0.2, 0.25) is 5.91 Å². The molecule has 0 aliphatic carbocycles. The van der Waals surface area contributed by atoms with Crippen molar-refractivity contribution in [2.75, 3.05) is 40.9 Å². The highest BCUT2D eigenvalue weighted by atomic mass is 31.2. The second kappa shape index (κ2) is 61.7. The van der Waals surface area contributed by atoms with Crippen LogP contribution in [0.5, 0.6) is 0 Å². The number of quaternary nitrogens is 1. The van der Waals surface area contributed by atoms with E-state index in [9.17, 15) is 19.0 Å². The number of amides is 1. The van der Waals surface area contributed by atoms with Crippen LogP contribution in [0.1, 0.15) is 290 Å². The number of nitrogens with zero attached hydrogens (tertiary/aromatic N) is 1. The molecule has 0 rings (SSSR count). The average molecular weight is 1180 g/mol. The van der Waals surface area contributed by atoms with Crippen LogP contribution in [-0.2, 0) is 27.9 Å². The minimum atomic E-state index is -4.46. The summed E-state index contributed by atoms with van der Waals surface area (Å²) in [6, 6.07) is -0.863. The van der Waals surface area contributed by atoms with Gasteiger partial charge in [0.25, 0.3) is 0 Å². The number of hydrogen-bond acceptors (Lipinski definition) is 6. The molecule has 83 heavy (non-hydrogen) atoms. The highest BCUT2D eigenvalue weighted by molar-refractivity contribution is 7.47. The topological polar surface area (TPSA) is 111 Å². The Morgan fingerprint density at radius 1 is 0.434 bits per heavy atom. The molecular weight excluding hydrogens is 1050 g/mol. The summed E-state index contributed by atoms with van der Waals surface area (Å²) in [5.41, 5.74) is 0. The molecule has 0 aliphatic rings. The number of carbonyl (C=O) groups excluding carboxylic acids is 2. The zero-order valence-corrected chi connectivity index (χ0v) is 55.6. The van der Waals surface area contributed by atoms with Crippen LogP contribution in [0, 0.1) is 0 Å². The lowest BCUT2D eigenvalue weighted by Gasteiger charge is -2.27. The van der Waals surface area contributed by atoms with E-state index in [-0.39, 0.29) is 31.5 Å². The number of nitrogens with one attached hydrogen (secondary N) is 1. The minimum absolute atomic E-state index is 0.0322. The molecule has 1 amide bonds. The molecule has 0 radical (unpaired) electrons. The molecule has 0 aliphatic heterocycles. The SMILES string of the molecule is CC/C=C\C/C=C\C/C=C\C/C=C\C/C=C\CCCCCCCCCC(=O)NC(COP(=O)(O)OCC[N+](C)(C)C)C(/C=C/CCCCCCCCCCC)OC(=O)CCCCCCCCCCCC/C=C\C/C=C\C/C=C\CCCCC. The quantitative estimate of drug-likeness (QED) is 0.0205. The molecule has 3 unspecified atom stereocenters. The summed E-state index contributed by atoms with van der Waals surface area (Å²) in [5, 5.41) is 3.06. The van der Waals surface area contributed by atoms with E-state index < -0.39 is 20.0 Å². The van der Waals surface area contributed by atoms with Crippen LogP contribution in [0.15, 0.2) is 109 Å². The number of hydrogen-bond donors (Lipinski definition) is 2. The summed E-state index contributed by atoms with van der Waals surface area (Å²) < 4.78 is 30.8. The van der Waals surface area contributed by atoms with Gasteiger partial charge >= 0.3 is 13.8 Å². The predicted molar refractivity (Wildman–Crippen MR) is 360 cm³/mol. The van der Waals surface area contributed by atoms with Crippen LogP contribution in [0.3, 0.4) is 0 Å². The number of esters is 1. The Balaban J connectivity index is 5.12. The van der Waals surface area contributed by atoms with E-state index in [1.54, 1.807) is 0 Å². The first kappa shape index (κ1) is 79.7. The largest absolute Gasteiger partial charge is 0.472 e. The molecule has 9 nitrogen and oxygen atoms in total.